The minimum absolute atomic E-state index is 0.00593. The van der Waals surface area contributed by atoms with E-state index >= 15 is 0 Å². The molecule has 2 aromatic rings. The minimum atomic E-state index is -1.53. The number of nitrogen functional groups attached to an aromatic ring is 1. The molecule has 0 saturated heterocycles. The maximum Gasteiger partial charge on any atom is 0.194 e. The lowest BCUT2D eigenvalue weighted by atomic mass is 10.3. The summed E-state index contributed by atoms with van der Waals surface area (Å²) in [6.45, 7) is 0. The molecule has 0 atom stereocenters. The quantitative estimate of drug-likeness (QED) is 0.790. The fourth-order valence-corrected chi connectivity index (χ4v) is 1.21. The van der Waals surface area contributed by atoms with E-state index in [1.807, 2.05) is 0 Å². The molecule has 2 rings (SSSR count). The van der Waals surface area contributed by atoms with Gasteiger partial charge in [-0.25, -0.2) is 23.1 Å². The molecule has 0 amide bonds. The van der Waals surface area contributed by atoms with Crippen LogP contribution in [0.15, 0.2) is 24.5 Å². The van der Waals surface area contributed by atoms with Gasteiger partial charge in [0.2, 0.25) is 0 Å². The van der Waals surface area contributed by atoms with Crippen molar-refractivity contribution < 1.29 is 13.2 Å². The van der Waals surface area contributed by atoms with E-state index in [4.69, 9.17) is 5.73 Å². The molecule has 1 aromatic carbocycles. The summed E-state index contributed by atoms with van der Waals surface area (Å²) in [4.78, 5) is 7.55. The Hall–Kier alpha value is -2.31. The lowest BCUT2D eigenvalue weighted by Crippen LogP contribution is -2.02. The van der Waals surface area contributed by atoms with Crippen LogP contribution in [0.1, 0.15) is 0 Å². The first-order chi connectivity index (χ1) is 8.08. The molecule has 0 radical (unpaired) electrons. The van der Waals surface area contributed by atoms with Crippen molar-refractivity contribution in [3.05, 3.63) is 42.0 Å². The van der Waals surface area contributed by atoms with Crippen molar-refractivity contribution in [3.63, 3.8) is 0 Å². The molecule has 88 valence electrons. The van der Waals surface area contributed by atoms with Crippen LogP contribution in [0.5, 0.6) is 0 Å². The van der Waals surface area contributed by atoms with E-state index in [0.717, 1.165) is 12.1 Å². The lowest BCUT2D eigenvalue weighted by molar-refractivity contribution is 0.448. The highest BCUT2D eigenvalue weighted by atomic mass is 19.2. The Balaban J connectivity index is 2.34. The number of nitrogens with one attached hydrogen (secondary N) is 1. The highest BCUT2D eigenvalue weighted by Crippen LogP contribution is 2.22. The van der Waals surface area contributed by atoms with E-state index < -0.39 is 17.5 Å². The van der Waals surface area contributed by atoms with Gasteiger partial charge in [-0.2, -0.15) is 0 Å². The molecule has 0 spiro atoms. The molecule has 0 bridgehead atoms. The van der Waals surface area contributed by atoms with Gasteiger partial charge in [0.15, 0.2) is 29.1 Å². The number of rotatable bonds is 2. The number of hydrogen-bond acceptors (Lipinski definition) is 4. The predicted molar refractivity (Wildman–Crippen MR) is 56.0 cm³/mol. The van der Waals surface area contributed by atoms with Crippen molar-refractivity contribution in [2.45, 2.75) is 0 Å². The number of nitrogens with zero attached hydrogens (tertiary/aromatic N) is 2. The topological polar surface area (TPSA) is 63.8 Å². The van der Waals surface area contributed by atoms with Crippen LogP contribution < -0.4 is 11.1 Å². The summed E-state index contributed by atoms with van der Waals surface area (Å²) in [7, 11) is 0. The van der Waals surface area contributed by atoms with Gasteiger partial charge in [-0.3, -0.25) is 0 Å². The van der Waals surface area contributed by atoms with Gasteiger partial charge in [0.1, 0.15) is 0 Å². The molecule has 1 heterocycles. The Bertz CT molecular complexity index is 536. The molecule has 0 aliphatic rings. The van der Waals surface area contributed by atoms with Crippen LogP contribution in [0.4, 0.5) is 30.5 Å². The van der Waals surface area contributed by atoms with E-state index in [1.165, 1.54) is 12.4 Å². The summed E-state index contributed by atoms with van der Waals surface area (Å²) in [5.41, 5.74) is 5.47. The number of aromatic nitrogens is 2. The molecule has 1 aromatic heterocycles. The summed E-state index contributed by atoms with van der Waals surface area (Å²) in [5.74, 6) is -3.91. The number of anilines is 3. The van der Waals surface area contributed by atoms with Gasteiger partial charge in [0, 0.05) is 30.2 Å². The van der Waals surface area contributed by atoms with Crippen LogP contribution in [-0.2, 0) is 0 Å². The second kappa shape index (κ2) is 4.28. The predicted octanol–water partition coefficient (Wildman–Crippen LogP) is 2.22. The van der Waals surface area contributed by atoms with Crippen molar-refractivity contribution in [2.75, 3.05) is 11.1 Å². The second-order valence-corrected chi connectivity index (χ2v) is 3.17. The molecule has 3 N–H and O–H groups in total. The van der Waals surface area contributed by atoms with Crippen LogP contribution in [0, 0.1) is 17.5 Å². The van der Waals surface area contributed by atoms with Gasteiger partial charge < -0.3 is 11.1 Å². The van der Waals surface area contributed by atoms with Crippen molar-refractivity contribution in [1.29, 1.82) is 0 Å². The van der Waals surface area contributed by atoms with Crippen molar-refractivity contribution >= 4 is 17.3 Å². The van der Waals surface area contributed by atoms with Gasteiger partial charge >= 0.3 is 0 Å². The van der Waals surface area contributed by atoms with Gasteiger partial charge in [0.25, 0.3) is 0 Å². The molecule has 17 heavy (non-hydrogen) atoms. The fourth-order valence-electron chi connectivity index (χ4n) is 1.21. The lowest BCUT2D eigenvalue weighted by Gasteiger charge is -2.07. The van der Waals surface area contributed by atoms with Crippen LogP contribution in [0.3, 0.4) is 0 Å². The number of hydrogen-bond donors (Lipinski definition) is 2. The van der Waals surface area contributed by atoms with Gasteiger partial charge in [-0.1, -0.05) is 0 Å². The minimum Gasteiger partial charge on any atom is -0.381 e. The second-order valence-electron chi connectivity index (χ2n) is 3.17. The number of halogens is 3. The summed E-state index contributed by atoms with van der Waals surface area (Å²) in [6, 6.07) is 1.60. The zero-order valence-corrected chi connectivity index (χ0v) is 8.42. The molecule has 0 saturated carbocycles. The van der Waals surface area contributed by atoms with Crippen LogP contribution in [0.2, 0.25) is 0 Å². The maximum atomic E-state index is 12.9. The highest BCUT2D eigenvalue weighted by molar-refractivity contribution is 5.65. The number of benzene rings is 1. The molecule has 0 aliphatic heterocycles. The number of nitrogens with two attached hydrogens (primary N) is 1. The normalized spacial score (nSPS) is 10.3. The highest BCUT2D eigenvalue weighted by Gasteiger charge is 2.11. The third-order valence-electron chi connectivity index (χ3n) is 1.97. The first-order valence-electron chi connectivity index (χ1n) is 4.56. The zero-order chi connectivity index (χ0) is 12.4. The average Bonchev–Trinajstić information content (AvgIpc) is 2.29. The van der Waals surface area contributed by atoms with Gasteiger partial charge in [0.05, 0.1) is 0 Å². The van der Waals surface area contributed by atoms with E-state index in [-0.39, 0.29) is 17.3 Å². The molecule has 4 nitrogen and oxygen atoms in total. The third-order valence-corrected chi connectivity index (χ3v) is 1.97. The van der Waals surface area contributed by atoms with Crippen LogP contribution in [-0.4, -0.2) is 9.97 Å². The van der Waals surface area contributed by atoms with Crippen LogP contribution >= 0.6 is 0 Å². The summed E-state index contributed by atoms with van der Waals surface area (Å²) >= 11 is 0. The Kier molecular flexibility index (Phi) is 2.82. The van der Waals surface area contributed by atoms with E-state index in [1.54, 1.807) is 0 Å². The first kappa shape index (κ1) is 11.2. The van der Waals surface area contributed by atoms with Crippen molar-refractivity contribution in [1.82, 2.24) is 9.97 Å². The van der Waals surface area contributed by atoms with Crippen molar-refractivity contribution in [3.8, 4) is 0 Å². The van der Waals surface area contributed by atoms with Gasteiger partial charge in [-0.05, 0) is 0 Å². The van der Waals surface area contributed by atoms with Crippen molar-refractivity contribution in [2.24, 2.45) is 0 Å². The van der Waals surface area contributed by atoms with Gasteiger partial charge in [-0.15, -0.1) is 0 Å². The summed E-state index contributed by atoms with van der Waals surface area (Å²) in [6.07, 6.45) is 2.72. The maximum absolute atomic E-state index is 12.9. The third kappa shape index (κ3) is 2.27. The molecule has 0 unspecified atom stereocenters. The molecular formula is C10H7F3N4. The van der Waals surface area contributed by atoms with Crippen LogP contribution in [0.25, 0.3) is 0 Å². The zero-order valence-electron chi connectivity index (χ0n) is 8.42. The van der Waals surface area contributed by atoms with E-state index in [9.17, 15) is 13.2 Å². The standard InChI is InChI=1S/C10H7F3N4/c11-6-3-5(4-7(12)8(6)13)17-10-9(14)15-1-2-16-10/h1-4H,(H2,14,15)(H,16,17). The van der Waals surface area contributed by atoms with E-state index in [0.29, 0.717) is 0 Å². The summed E-state index contributed by atoms with van der Waals surface area (Å²) in [5, 5.41) is 2.54. The monoisotopic (exact) mass is 240 g/mol. The summed E-state index contributed by atoms with van der Waals surface area (Å²) < 4.78 is 38.5. The Morgan fingerprint density at radius 3 is 2.18 bits per heavy atom. The molecule has 0 fully saturated rings. The Morgan fingerprint density at radius 2 is 1.59 bits per heavy atom. The Labute approximate surface area is 94.3 Å². The first-order valence-corrected chi connectivity index (χ1v) is 4.56. The SMILES string of the molecule is Nc1nccnc1Nc1cc(F)c(F)c(F)c1. The largest absolute Gasteiger partial charge is 0.381 e. The molecule has 7 heteroatoms. The fraction of sp³-hybridized carbons (Fsp3) is 0. The van der Waals surface area contributed by atoms with E-state index in [2.05, 4.69) is 15.3 Å². The molecule has 0 aliphatic carbocycles. The molecular weight excluding hydrogens is 233 g/mol. The Morgan fingerprint density at radius 1 is 1.00 bits per heavy atom. The average molecular weight is 240 g/mol. The smallest absolute Gasteiger partial charge is 0.194 e.